The highest BCUT2D eigenvalue weighted by Crippen LogP contribution is 2.33. The van der Waals surface area contributed by atoms with E-state index in [-0.39, 0.29) is 11.8 Å². The predicted molar refractivity (Wildman–Crippen MR) is 81.0 cm³/mol. The van der Waals surface area contributed by atoms with E-state index in [1.807, 2.05) is 30.3 Å². The van der Waals surface area contributed by atoms with Gasteiger partial charge in [0.05, 0.1) is 5.92 Å². The number of aliphatic carboxylic acids is 1. The molecule has 0 aliphatic carbocycles. The van der Waals surface area contributed by atoms with Crippen molar-refractivity contribution in [1.82, 2.24) is 4.90 Å². The standard InChI is InChI=1S/C17H23NO3/c1-12(2)8-9-16(19)18-10-14(15(11-18)17(20)21)13-6-4-3-5-7-13/h3-7,12,14-15H,8-11H2,1-2H3,(H,20,21)/t14-,15-/m0/s1. The van der Waals surface area contributed by atoms with E-state index < -0.39 is 11.9 Å². The quantitative estimate of drug-likeness (QED) is 0.906. The lowest BCUT2D eigenvalue weighted by Crippen LogP contribution is -2.29. The third kappa shape index (κ3) is 3.84. The van der Waals surface area contributed by atoms with E-state index in [0.29, 0.717) is 25.4 Å². The van der Waals surface area contributed by atoms with E-state index in [1.165, 1.54) is 0 Å². The second-order valence-electron chi connectivity index (χ2n) is 6.19. The predicted octanol–water partition coefficient (Wildman–Crippen LogP) is 2.75. The van der Waals surface area contributed by atoms with Crippen LogP contribution < -0.4 is 0 Å². The molecule has 1 aliphatic heterocycles. The van der Waals surface area contributed by atoms with Gasteiger partial charge in [0.25, 0.3) is 0 Å². The Morgan fingerprint density at radius 3 is 2.48 bits per heavy atom. The Bertz CT molecular complexity index is 498. The lowest BCUT2D eigenvalue weighted by molar-refractivity contribution is -0.141. The number of carbonyl (C=O) groups excluding carboxylic acids is 1. The number of benzene rings is 1. The highest BCUT2D eigenvalue weighted by molar-refractivity contribution is 5.79. The summed E-state index contributed by atoms with van der Waals surface area (Å²) in [6, 6.07) is 9.64. The van der Waals surface area contributed by atoms with Crippen molar-refractivity contribution >= 4 is 11.9 Å². The van der Waals surface area contributed by atoms with Crippen LogP contribution >= 0.6 is 0 Å². The SMILES string of the molecule is CC(C)CCC(=O)N1C[C@H](C(=O)O)[C@H](c2ccccc2)C1. The fourth-order valence-corrected chi connectivity index (χ4v) is 2.87. The van der Waals surface area contributed by atoms with Crippen molar-refractivity contribution in [2.75, 3.05) is 13.1 Å². The van der Waals surface area contributed by atoms with Gasteiger partial charge in [0, 0.05) is 25.4 Å². The molecule has 1 aromatic carbocycles. The van der Waals surface area contributed by atoms with Gasteiger partial charge in [-0.2, -0.15) is 0 Å². The van der Waals surface area contributed by atoms with E-state index in [0.717, 1.165) is 12.0 Å². The highest BCUT2D eigenvalue weighted by atomic mass is 16.4. The molecule has 0 spiro atoms. The largest absolute Gasteiger partial charge is 0.481 e. The summed E-state index contributed by atoms with van der Waals surface area (Å²) in [5, 5.41) is 9.42. The maximum Gasteiger partial charge on any atom is 0.308 e. The van der Waals surface area contributed by atoms with Crippen molar-refractivity contribution < 1.29 is 14.7 Å². The molecule has 4 heteroatoms. The summed E-state index contributed by atoms with van der Waals surface area (Å²) in [7, 11) is 0. The zero-order valence-electron chi connectivity index (χ0n) is 12.7. The number of hydrogen-bond acceptors (Lipinski definition) is 2. The molecule has 1 N–H and O–H groups in total. The van der Waals surface area contributed by atoms with Crippen LogP contribution in [0.25, 0.3) is 0 Å². The lowest BCUT2D eigenvalue weighted by atomic mass is 9.89. The van der Waals surface area contributed by atoms with Gasteiger partial charge in [-0.1, -0.05) is 44.2 Å². The first-order valence-electron chi connectivity index (χ1n) is 7.54. The van der Waals surface area contributed by atoms with Crippen LogP contribution in [0.5, 0.6) is 0 Å². The molecule has 1 fully saturated rings. The van der Waals surface area contributed by atoms with Gasteiger partial charge in [-0.05, 0) is 17.9 Å². The normalized spacial score (nSPS) is 21.8. The van der Waals surface area contributed by atoms with Crippen molar-refractivity contribution in [1.29, 1.82) is 0 Å². The molecule has 1 heterocycles. The van der Waals surface area contributed by atoms with E-state index in [9.17, 15) is 14.7 Å². The van der Waals surface area contributed by atoms with Crippen LogP contribution in [0.15, 0.2) is 30.3 Å². The molecule has 114 valence electrons. The summed E-state index contributed by atoms with van der Waals surface area (Å²) in [6.45, 7) is 5.01. The Morgan fingerprint density at radius 1 is 1.24 bits per heavy atom. The summed E-state index contributed by atoms with van der Waals surface area (Å²) in [6.07, 6.45) is 1.36. The van der Waals surface area contributed by atoms with Crippen molar-refractivity contribution in [2.24, 2.45) is 11.8 Å². The fraction of sp³-hybridized carbons (Fsp3) is 0.529. The van der Waals surface area contributed by atoms with Crippen molar-refractivity contribution in [2.45, 2.75) is 32.6 Å². The molecule has 1 amide bonds. The van der Waals surface area contributed by atoms with E-state index in [2.05, 4.69) is 13.8 Å². The Kier molecular flexibility index (Phi) is 4.99. The van der Waals surface area contributed by atoms with Crippen LogP contribution in [-0.4, -0.2) is 35.0 Å². The van der Waals surface area contributed by atoms with Crippen LogP contribution in [0.4, 0.5) is 0 Å². The molecule has 21 heavy (non-hydrogen) atoms. The molecule has 4 nitrogen and oxygen atoms in total. The summed E-state index contributed by atoms with van der Waals surface area (Å²) in [4.78, 5) is 25.4. The van der Waals surface area contributed by atoms with Crippen LogP contribution in [-0.2, 0) is 9.59 Å². The topological polar surface area (TPSA) is 57.6 Å². The van der Waals surface area contributed by atoms with Crippen LogP contribution in [0, 0.1) is 11.8 Å². The molecule has 0 unspecified atom stereocenters. The third-order valence-electron chi connectivity index (χ3n) is 4.15. The van der Waals surface area contributed by atoms with E-state index >= 15 is 0 Å². The van der Waals surface area contributed by atoms with Crippen LogP contribution in [0.2, 0.25) is 0 Å². The van der Waals surface area contributed by atoms with Crippen molar-refractivity contribution in [3.8, 4) is 0 Å². The molecule has 0 bridgehead atoms. The third-order valence-corrected chi connectivity index (χ3v) is 4.15. The van der Waals surface area contributed by atoms with E-state index in [1.54, 1.807) is 4.90 Å². The Labute approximate surface area is 125 Å². The average molecular weight is 289 g/mol. The van der Waals surface area contributed by atoms with Gasteiger partial charge in [-0.3, -0.25) is 9.59 Å². The molecule has 0 saturated carbocycles. The molecule has 1 aliphatic rings. The number of hydrogen-bond donors (Lipinski definition) is 1. The fourth-order valence-electron chi connectivity index (χ4n) is 2.87. The zero-order valence-corrected chi connectivity index (χ0v) is 12.7. The number of carboxylic acids is 1. The van der Waals surface area contributed by atoms with Crippen molar-refractivity contribution in [3.63, 3.8) is 0 Å². The van der Waals surface area contributed by atoms with Crippen LogP contribution in [0.1, 0.15) is 38.2 Å². The molecular weight excluding hydrogens is 266 g/mol. The highest BCUT2D eigenvalue weighted by Gasteiger charge is 2.40. The van der Waals surface area contributed by atoms with Gasteiger partial charge >= 0.3 is 5.97 Å². The van der Waals surface area contributed by atoms with Gasteiger partial charge in [0.2, 0.25) is 5.91 Å². The van der Waals surface area contributed by atoms with Crippen LogP contribution in [0.3, 0.4) is 0 Å². The first-order chi connectivity index (χ1) is 9.99. The van der Waals surface area contributed by atoms with Crippen molar-refractivity contribution in [3.05, 3.63) is 35.9 Å². The number of carbonyl (C=O) groups is 2. The van der Waals surface area contributed by atoms with Gasteiger partial charge in [-0.15, -0.1) is 0 Å². The lowest BCUT2D eigenvalue weighted by Gasteiger charge is -2.17. The molecule has 0 aromatic heterocycles. The Hall–Kier alpha value is -1.84. The number of carboxylic acid groups (broad SMARTS) is 1. The Morgan fingerprint density at radius 2 is 1.90 bits per heavy atom. The summed E-state index contributed by atoms with van der Waals surface area (Å²) in [5.74, 6) is -0.866. The van der Waals surface area contributed by atoms with E-state index in [4.69, 9.17) is 0 Å². The molecular formula is C17H23NO3. The minimum atomic E-state index is -0.817. The number of amides is 1. The number of rotatable bonds is 5. The first kappa shape index (κ1) is 15.5. The minimum Gasteiger partial charge on any atom is -0.481 e. The van der Waals surface area contributed by atoms with Gasteiger partial charge in [-0.25, -0.2) is 0 Å². The first-order valence-corrected chi connectivity index (χ1v) is 7.54. The maximum atomic E-state index is 12.2. The maximum absolute atomic E-state index is 12.2. The summed E-state index contributed by atoms with van der Waals surface area (Å²) in [5.41, 5.74) is 1.00. The summed E-state index contributed by atoms with van der Waals surface area (Å²) >= 11 is 0. The second-order valence-corrected chi connectivity index (χ2v) is 6.19. The van der Waals surface area contributed by atoms with Gasteiger partial charge < -0.3 is 10.0 Å². The molecule has 2 rings (SSSR count). The molecule has 2 atom stereocenters. The second kappa shape index (κ2) is 6.74. The Balaban J connectivity index is 2.08. The van der Waals surface area contributed by atoms with Gasteiger partial charge in [0.1, 0.15) is 0 Å². The monoisotopic (exact) mass is 289 g/mol. The minimum absolute atomic E-state index is 0.0772. The smallest absolute Gasteiger partial charge is 0.308 e. The molecule has 1 aromatic rings. The average Bonchev–Trinajstić information content (AvgIpc) is 2.91. The molecule has 0 radical (unpaired) electrons. The zero-order chi connectivity index (χ0) is 15.4. The number of likely N-dealkylation sites (tertiary alicyclic amines) is 1. The summed E-state index contributed by atoms with van der Waals surface area (Å²) < 4.78 is 0. The van der Waals surface area contributed by atoms with Gasteiger partial charge in [0.15, 0.2) is 0 Å². The molecule has 1 saturated heterocycles. The number of nitrogens with zero attached hydrogens (tertiary/aromatic N) is 1.